The first-order chi connectivity index (χ1) is 23.4. The standard InChI is InChI=1S/C32H22N.C13H24O2.Ir/c1-22-21-33-32(20-30(22)23-10-3-2-4-11-23)26-14-9-13-24(18-26)31-19-25-12-5-6-15-27(25)28-16-7-8-17-29(28)31;1-5-10(6-2)12(14)9-13(15)11(7-3)8-4;/h2-13,15-21H,1H3;9-11,14H,5-8H2,1-4H3;/q-1;;/b;12-9-;. The molecular formula is C45H46IrNO2-. The molecule has 0 unspecified atom stereocenters. The third-order valence-electron chi connectivity index (χ3n) is 9.43. The van der Waals surface area contributed by atoms with Crippen molar-refractivity contribution in [3.05, 3.63) is 139 Å². The van der Waals surface area contributed by atoms with E-state index in [1.807, 2.05) is 46.0 Å². The molecule has 3 nitrogen and oxygen atoms in total. The Hall–Kier alpha value is -4.37. The number of aliphatic hydroxyl groups is 1. The van der Waals surface area contributed by atoms with Crippen molar-refractivity contribution < 1.29 is 30.0 Å². The van der Waals surface area contributed by atoms with E-state index in [1.54, 1.807) is 0 Å². The minimum absolute atomic E-state index is 0. The first-order valence-corrected chi connectivity index (χ1v) is 17.3. The van der Waals surface area contributed by atoms with Gasteiger partial charge in [0.2, 0.25) is 0 Å². The number of aliphatic hydroxyl groups excluding tert-OH is 1. The van der Waals surface area contributed by atoms with Crippen molar-refractivity contribution in [3.63, 3.8) is 0 Å². The van der Waals surface area contributed by atoms with Crippen molar-refractivity contribution in [1.82, 2.24) is 4.98 Å². The molecule has 4 heteroatoms. The number of aromatic nitrogens is 1. The number of benzene rings is 5. The van der Waals surface area contributed by atoms with Crippen LogP contribution in [0.5, 0.6) is 0 Å². The Bertz CT molecular complexity index is 2020. The maximum atomic E-state index is 11.7. The van der Waals surface area contributed by atoms with Gasteiger partial charge in [0.05, 0.1) is 5.76 Å². The first-order valence-electron chi connectivity index (χ1n) is 17.3. The van der Waals surface area contributed by atoms with E-state index in [-0.39, 0.29) is 43.5 Å². The van der Waals surface area contributed by atoms with Gasteiger partial charge in [-0.05, 0) is 88.2 Å². The minimum Gasteiger partial charge on any atom is -0.512 e. The second-order valence-electron chi connectivity index (χ2n) is 12.4. The van der Waals surface area contributed by atoms with Gasteiger partial charge in [-0.1, -0.05) is 113 Å². The average molecular weight is 825 g/mol. The number of hydrogen-bond acceptors (Lipinski definition) is 3. The Balaban J connectivity index is 0.000000290. The summed E-state index contributed by atoms with van der Waals surface area (Å²) in [6.45, 7) is 10.2. The van der Waals surface area contributed by atoms with Crippen LogP contribution in [-0.2, 0) is 24.9 Å². The van der Waals surface area contributed by atoms with Gasteiger partial charge in [0.15, 0.2) is 5.78 Å². The SMILES string of the molecule is CCC(CC)C(=O)/C=C(\O)C(CC)CC.Cc1cnc(-c2[c-]ccc(-c3cc4ccccc4c4ccccc34)c2)cc1-c1ccccc1.[Ir]. The van der Waals surface area contributed by atoms with Crippen LogP contribution in [-0.4, -0.2) is 15.9 Å². The normalized spacial score (nSPS) is 11.4. The van der Waals surface area contributed by atoms with Gasteiger partial charge in [-0.2, -0.15) is 0 Å². The molecule has 1 heterocycles. The molecule has 0 aliphatic rings. The maximum absolute atomic E-state index is 11.7. The second kappa shape index (κ2) is 17.9. The number of nitrogens with zero attached hydrogens (tertiary/aromatic N) is 1. The van der Waals surface area contributed by atoms with Gasteiger partial charge in [0.1, 0.15) is 0 Å². The van der Waals surface area contributed by atoms with E-state index in [1.165, 1.54) is 55.4 Å². The summed E-state index contributed by atoms with van der Waals surface area (Å²) in [6, 6.07) is 42.0. The Morgan fingerprint density at radius 1 is 0.714 bits per heavy atom. The fraction of sp³-hybridized carbons (Fsp3) is 0.244. The molecule has 0 saturated carbocycles. The van der Waals surface area contributed by atoms with E-state index in [4.69, 9.17) is 4.98 Å². The van der Waals surface area contributed by atoms with Crippen LogP contribution < -0.4 is 0 Å². The Morgan fingerprint density at radius 3 is 2.00 bits per heavy atom. The molecule has 1 aromatic heterocycles. The molecule has 0 atom stereocenters. The fourth-order valence-electron chi connectivity index (χ4n) is 6.45. The van der Waals surface area contributed by atoms with E-state index in [0.717, 1.165) is 36.9 Å². The van der Waals surface area contributed by atoms with Crippen molar-refractivity contribution in [2.75, 3.05) is 0 Å². The van der Waals surface area contributed by atoms with E-state index in [0.29, 0.717) is 0 Å². The van der Waals surface area contributed by atoms with Crippen LogP contribution in [0.3, 0.4) is 0 Å². The zero-order valence-electron chi connectivity index (χ0n) is 29.2. The minimum atomic E-state index is 0. The van der Waals surface area contributed by atoms with E-state index in [9.17, 15) is 9.90 Å². The molecule has 1 radical (unpaired) electrons. The second-order valence-corrected chi connectivity index (χ2v) is 12.4. The van der Waals surface area contributed by atoms with E-state index >= 15 is 0 Å². The Labute approximate surface area is 305 Å². The van der Waals surface area contributed by atoms with Crippen LogP contribution in [0.2, 0.25) is 0 Å². The average Bonchev–Trinajstić information content (AvgIpc) is 3.13. The molecule has 6 rings (SSSR count). The summed E-state index contributed by atoms with van der Waals surface area (Å²) in [7, 11) is 0. The number of pyridine rings is 1. The summed E-state index contributed by atoms with van der Waals surface area (Å²) in [5.41, 5.74) is 7.92. The molecular weight excluding hydrogens is 779 g/mol. The molecule has 1 N–H and O–H groups in total. The van der Waals surface area contributed by atoms with Gasteiger partial charge in [-0.25, -0.2) is 0 Å². The molecule has 0 spiro atoms. The van der Waals surface area contributed by atoms with Gasteiger partial charge < -0.3 is 10.1 Å². The van der Waals surface area contributed by atoms with E-state index in [2.05, 4.69) is 110 Å². The van der Waals surface area contributed by atoms with Gasteiger partial charge in [-0.15, -0.1) is 35.4 Å². The van der Waals surface area contributed by atoms with Gasteiger partial charge in [-0.3, -0.25) is 4.79 Å². The van der Waals surface area contributed by atoms with Gasteiger partial charge >= 0.3 is 0 Å². The van der Waals surface area contributed by atoms with Crippen LogP contribution in [0.4, 0.5) is 0 Å². The fourth-order valence-corrected chi connectivity index (χ4v) is 6.45. The van der Waals surface area contributed by atoms with Crippen molar-refractivity contribution in [2.45, 2.75) is 60.3 Å². The summed E-state index contributed by atoms with van der Waals surface area (Å²) in [6.07, 6.45) is 6.87. The van der Waals surface area contributed by atoms with Crippen LogP contribution in [0, 0.1) is 24.8 Å². The Morgan fingerprint density at radius 2 is 1.33 bits per heavy atom. The number of allylic oxidation sites excluding steroid dienone is 2. The molecule has 6 aromatic rings. The number of ketones is 1. The van der Waals surface area contributed by atoms with Crippen LogP contribution in [0.15, 0.2) is 127 Å². The smallest absolute Gasteiger partial charge is 0.162 e. The topological polar surface area (TPSA) is 50.2 Å². The third kappa shape index (κ3) is 8.81. The summed E-state index contributed by atoms with van der Waals surface area (Å²) in [4.78, 5) is 16.5. The molecule has 0 amide bonds. The predicted octanol–water partition coefficient (Wildman–Crippen LogP) is 12.4. The van der Waals surface area contributed by atoms with E-state index < -0.39 is 0 Å². The number of aryl methyl sites for hydroxylation is 1. The van der Waals surface area contributed by atoms with Crippen LogP contribution in [0.1, 0.15) is 58.9 Å². The summed E-state index contributed by atoms with van der Waals surface area (Å²) in [5.74, 6) is 0.547. The van der Waals surface area contributed by atoms with Gasteiger partial charge in [0, 0.05) is 44.2 Å². The van der Waals surface area contributed by atoms with Crippen molar-refractivity contribution in [3.8, 4) is 33.5 Å². The molecule has 49 heavy (non-hydrogen) atoms. The molecule has 0 saturated heterocycles. The molecule has 0 fully saturated rings. The number of fused-ring (bicyclic) bond motifs is 3. The predicted molar refractivity (Wildman–Crippen MR) is 203 cm³/mol. The Kier molecular flexibility index (Phi) is 13.6. The van der Waals surface area contributed by atoms with Crippen molar-refractivity contribution >= 4 is 27.3 Å². The summed E-state index contributed by atoms with van der Waals surface area (Å²) < 4.78 is 0. The number of rotatable bonds is 10. The van der Waals surface area contributed by atoms with Crippen LogP contribution in [0.25, 0.3) is 55.1 Å². The van der Waals surface area contributed by atoms with Crippen LogP contribution >= 0.6 is 0 Å². The molecule has 0 bridgehead atoms. The first kappa shape index (κ1) is 37.4. The molecule has 0 aliphatic heterocycles. The number of hydrogen-bond donors (Lipinski definition) is 1. The number of carbonyl (C=O) groups is 1. The molecule has 5 aromatic carbocycles. The summed E-state index contributed by atoms with van der Waals surface area (Å²) in [5, 5.41) is 14.8. The van der Waals surface area contributed by atoms with Crippen molar-refractivity contribution in [2.24, 2.45) is 11.8 Å². The zero-order valence-corrected chi connectivity index (χ0v) is 31.6. The monoisotopic (exact) mass is 825 g/mol. The summed E-state index contributed by atoms with van der Waals surface area (Å²) >= 11 is 0. The number of carbonyl (C=O) groups excluding carboxylic acids is 1. The van der Waals surface area contributed by atoms with Crippen molar-refractivity contribution in [1.29, 1.82) is 0 Å². The molecule has 253 valence electrons. The zero-order chi connectivity index (χ0) is 34.0. The quantitative estimate of drug-likeness (QED) is 0.0648. The maximum Gasteiger partial charge on any atom is 0.162 e. The largest absolute Gasteiger partial charge is 0.512 e. The van der Waals surface area contributed by atoms with Gasteiger partial charge in [0.25, 0.3) is 0 Å². The third-order valence-corrected chi connectivity index (χ3v) is 9.43. The molecule has 0 aliphatic carbocycles.